The van der Waals surface area contributed by atoms with E-state index in [9.17, 15) is 22.8 Å². The lowest BCUT2D eigenvalue weighted by molar-refractivity contribution is -0.274. The molecule has 4 aromatic rings. The van der Waals surface area contributed by atoms with Crippen molar-refractivity contribution in [3.8, 4) is 17.4 Å². The first kappa shape index (κ1) is 26.4. The summed E-state index contributed by atoms with van der Waals surface area (Å²) < 4.78 is 52.3. The van der Waals surface area contributed by atoms with Gasteiger partial charge >= 0.3 is 12.3 Å². The molecule has 0 aliphatic rings. The maximum absolute atomic E-state index is 13.2. The fourth-order valence-electron chi connectivity index (χ4n) is 3.24. The molecule has 0 aliphatic heterocycles. The Kier molecular flexibility index (Phi) is 7.20. The number of para-hydroxylation sites is 2. The van der Waals surface area contributed by atoms with E-state index in [-0.39, 0.29) is 17.3 Å². The van der Waals surface area contributed by atoms with Gasteiger partial charge in [-0.2, -0.15) is 0 Å². The van der Waals surface area contributed by atoms with E-state index < -0.39 is 29.6 Å². The molecule has 1 amide bonds. The van der Waals surface area contributed by atoms with Crippen molar-refractivity contribution in [3.63, 3.8) is 0 Å². The van der Waals surface area contributed by atoms with Crippen LogP contribution in [0.5, 0.6) is 17.4 Å². The quantitative estimate of drug-likeness (QED) is 0.286. The number of amides is 1. The maximum atomic E-state index is 13.2. The van der Waals surface area contributed by atoms with E-state index in [2.05, 4.69) is 20.0 Å². The van der Waals surface area contributed by atoms with E-state index in [4.69, 9.17) is 9.47 Å². The second-order valence-electron chi connectivity index (χ2n) is 9.02. The van der Waals surface area contributed by atoms with E-state index in [1.165, 1.54) is 36.4 Å². The number of nitrogens with one attached hydrogen (secondary N) is 1. The zero-order valence-corrected chi connectivity index (χ0v) is 20.5. The minimum Gasteiger partial charge on any atom is -0.456 e. The third kappa shape index (κ3) is 6.96. The van der Waals surface area contributed by atoms with Crippen molar-refractivity contribution in [1.82, 2.24) is 9.97 Å². The summed E-state index contributed by atoms with van der Waals surface area (Å²) in [5, 5.41) is 2.68. The minimum atomic E-state index is -4.83. The Bertz CT molecular complexity index is 1470. The molecule has 1 aromatic heterocycles. The summed E-state index contributed by atoms with van der Waals surface area (Å²) in [5.74, 6) is -1.63. The maximum Gasteiger partial charge on any atom is 0.573 e. The zero-order valence-electron chi connectivity index (χ0n) is 20.5. The first-order valence-corrected chi connectivity index (χ1v) is 11.3. The molecule has 0 unspecified atom stereocenters. The van der Waals surface area contributed by atoms with Crippen molar-refractivity contribution in [1.29, 1.82) is 0 Å². The van der Waals surface area contributed by atoms with Crippen molar-refractivity contribution in [2.45, 2.75) is 32.7 Å². The summed E-state index contributed by atoms with van der Waals surface area (Å²) in [6.07, 6.45) is -4.83. The number of hydrogen-bond donors (Lipinski definition) is 1. The smallest absolute Gasteiger partial charge is 0.456 e. The lowest BCUT2D eigenvalue weighted by atomic mass is 10.1. The van der Waals surface area contributed by atoms with Gasteiger partial charge in [0, 0.05) is 5.69 Å². The summed E-state index contributed by atoms with van der Waals surface area (Å²) in [5.41, 5.74) is 0.746. The molecule has 0 fully saturated rings. The number of nitrogens with zero attached hydrogens (tertiary/aromatic N) is 2. The molecule has 196 valence electrons. The zero-order chi connectivity index (χ0) is 27.5. The first-order chi connectivity index (χ1) is 17.9. The van der Waals surface area contributed by atoms with Crippen LogP contribution in [-0.4, -0.2) is 33.8 Å². The van der Waals surface area contributed by atoms with Crippen molar-refractivity contribution in [2.75, 3.05) is 5.32 Å². The van der Waals surface area contributed by atoms with Gasteiger partial charge in [0.05, 0.1) is 16.6 Å². The van der Waals surface area contributed by atoms with Crippen molar-refractivity contribution < 1.29 is 37.0 Å². The van der Waals surface area contributed by atoms with Gasteiger partial charge in [-0.25, -0.2) is 14.8 Å². The van der Waals surface area contributed by atoms with E-state index >= 15 is 0 Å². The van der Waals surface area contributed by atoms with Gasteiger partial charge in [-0.15, -0.1) is 13.2 Å². The molecule has 0 atom stereocenters. The molecule has 8 nitrogen and oxygen atoms in total. The molecule has 11 heteroatoms. The lowest BCUT2D eigenvalue weighted by Gasteiger charge is -2.19. The Morgan fingerprint density at radius 3 is 1.95 bits per heavy atom. The Labute approximate surface area is 215 Å². The number of ether oxygens (including phenoxy) is 3. The fraction of sp³-hybridized carbons (Fsp3) is 0.185. The molecular weight excluding hydrogens is 503 g/mol. The monoisotopic (exact) mass is 525 g/mol. The summed E-state index contributed by atoms with van der Waals surface area (Å²) in [6.45, 7) is 5.28. The second-order valence-corrected chi connectivity index (χ2v) is 9.02. The van der Waals surface area contributed by atoms with Crippen LogP contribution in [0.1, 0.15) is 41.6 Å². The number of rotatable bonds is 6. The van der Waals surface area contributed by atoms with Crippen LogP contribution in [0.15, 0.2) is 72.8 Å². The summed E-state index contributed by atoms with van der Waals surface area (Å²) in [4.78, 5) is 34.1. The number of alkyl halides is 3. The summed E-state index contributed by atoms with van der Waals surface area (Å²) in [7, 11) is 0. The minimum absolute atomic E-state index is 0.111. The number of benzene rings is 3. The molecule has 0 bridgehead atoms. The van der Waals surface area contributed by atoms with E-state index in [0.717, 1.165) is 12.1 Å². The van der Waals surface area contributed by atoms with Gasteiger partial charge in [0.25, 0.3) is 11.8 Å². The number of carbonyl (C=O) groups is 2. The van der Waals surface area contributed by atoms with Crippen LogP contribution in [0.2, 0.25) is 0 Å². The van der Waals surface area contributed by atoms with Crippen LogP contribution in [-0.2, 0) is 4.74 Å². The molecule has 0 aliphatic carbocycles. The molecule has 1 N–H and O–H groups in total. The van der Waals surface area contributed by atoms with Crippen LogP contribution in [0.3, 0.4) is 0 Å². The van der Waals surface area contributed by atoms with Gasteiger partial charge in [0.2, 0.25) is 0 Å². The standard InChI is InChI=1S/C27H22F3N3O5/c1-26(2,3)38-25(35)16-8-10-17(11-9-16)31-23(34)22-24(33-21-7-5-4-6-20(21)32-22)36-18-12-14-19(15-13-18)37-27(28,29)30/h4-15H,1-3H3,(H,31,34). The van der Waals surface area contributed by atoms with E-state index in [1.54, 1.807) is 45.0 Å². The predicted octanol–water partition coefficient (Wildman–Crippen LogP) is 6.53. The highest BCUT2D eigenvalue weighted by molar-refractivity contribution is 6.05. The van der Waals surface area contributed by atoms with Gasteiger partial charge in [-0.05, 0) is 81.4 Å². The number of aromatic nitrogens is 2. The van der Waals surface area contributed by atoms with Crippen molar-refractivity contribution in [2.24, 2.45) is 0 Å². The lowest BCUT2D eigenvalue weighted by Crippen LogP contribution is -2.23. The highest BCUT2D eigenvalue weighted by Gasteiger charge is 2.31. The molecule has 1 heterocycles. The van der Waals surface area contributed by atoms with Gasteiger partial charge in [0.1, 0.15) is 17.1 Å². The third-order valence-corrected chi connectivity index (χ3v) is 4.80. The van der Waals surface area contributed by atoms with Gasteiger partial charge in [-0.3, -0.25) is 4.79 Å². The normalized spacial score (nSPS) is 11.6. The third-order valence-electron chi connectivity index (χ3n) is 4.80. The highest BCUT2D eigenvalue weighted by Crippen LogP contribution is 2.29. The average Bonchev–Trinajstić information content (AvgIpc) is 2.83. The number of fused-ring (bicyclic) bond motifs is 1. The molecule has 0 saturated carbocycles. The summed E-state index contributed by atoms with van der Waals surface area (Å²) >= 11 is 0. The molecular formula is C27H22F3N3O5. The van der Waals surface area contributed by atoms with Crippen LogP contribution in [0, 0.1) is 0 Å². The largest absolute Gasteiger partial charge is 0.573 e. The number of anilines is 1. The van der Waals surface area contributed by atoms with E-state index in [0.29, 0.717) is 22.3 Å². The number of hydrogen-bond acceptors (Lipinski definition) is 7. The van der Waals surface area contributed by atoms with Crippen LogP contribution in [0.25, 0.3) is 11.0 Å². The molecule has 38 heavy (non-hydrogen) atoms. The van der Waals surface area contributed by atoms with Crippen LogP contribution in [0.4, 0.5) is 18.9 Å². The Morgan fingerprint density at radius 1 is 0.789 bits per heavy atom. The summed E-state index contributed by atoms with van der Waals surface area (Å²) in [6, 6.07) is 17.5. The van der Waals surface area contributed by atoms with Gasteiger partial charge < -0.3 is 19.5 Å². The topological polar surface area (TPSA) is 99.6 Å². The van der Waals surface area contributed by atoms with Gasteiger partial charge in [-0.1, -0.05) is 12.1 Å². The van der Waals surface area contributed by atoms with Crippen molar-refractivity contribution >= 4 is 28.6 Å². The second kappa shape index (κ2) is 10.4. The average molecular weight is 525 g/mol. The Balaban J connectivity index is 1.57. The number of esters is 1. The Morgan fingerprint density at radius 2 is 1.37 bits per heavy atom. The fourth-order valence-corrected chi connectivity index (χ4v) is 3.24. The molecule has 4 rings (SSSR count). The van der Waals surface area contributed by atoms with Gasteiger partial charge in [0.15, 0.2) is 5.69 Å². The van der Waals surface area contributed by atoms with Crippen LogP contribution < -0.4 is 14.8 Å². The first-order valence-electron chi connectivity index (χ1n) is 11.3. The van der Waals surface area contributed by atoms with E-state index in [1.807, 2.05) is 0 Å². The van der Waals surface area contributed by atoms with Crippen molar-refractivity contribution in [3.05, 3.63) is 84.1 Å². The SMILES string of the molecule is CC(C)(C)OC(=O)c1ccc(NC(=O)c2nc3ccccc3nc2Oc2ccc(OC(F)(F)F)cc2)cc1. The molecule has 0 saturated heterocycles. The van der Waals surface area contributed by atoms with Crippen LogP contribution >= 0.6 is 0 Å². The number of carbonyl (C=O) groups excluding carboxylic acids is 2. The molecule has 3 aromatic carbocycles. The predicted molar refractivity (Wildman–Crippen MR) is 132 cm³/mol. The Hall–Kier alpha value is -4.67. The highest BCUT2D eigenvalue weighted by atomic mass is 19.4. The number of halogens is 3. The molecule has 0 spiro atoms. The molecule has 0 radical (unpaired) electrons.